The molecular formula is C17H17BrClNO. The van der Waals surface area contributed by atoms with Gasteiger partial charge in [0.2, 0.25) is 0 Å². The first-order valence-corrected chi connectivity index (χ1v) is 8.18. The number of hydrogen-bond acceptors (Lipinski definition) is 2. The smallest absolute Gasteiger partial charge is 0.142 e. The lowest BCUT2D eigenvalue weighted by Gasteiger charge is -2.37. The molecule has 0 atom stereocenters. The van der Waals surface area contributed by atoms with Gasteiger partial charge in [-0.2, -0.15) is 0 Å². The van der Waals surface area contributed by atoms with E-state index in [9.17, 15) is 0 Å². The van der Waals surface area contributed by atoms with Crippen molar-refractivity contribution >= 4 is 33.2 Å². The van der Waals surface area contributed by atoms with E-state index in [1.165, 1.54) is 5.56 Å². The second-order valence-corrected chi connectivity index (χ2v) is 6.76. The average Bonchev–Trinajstić information content (AvgIpc) is 2.42. The van der Waals surface area contributed by atoms with Crippen LogP contribution in [0.15, 0.2) is 46.9 Å². The van der Waals surface area contributed by atoms with Gasteiger partial charge < -0.3 is 10.1 Å². The fourth-order valence-corrected chi connectivity index (χ4v) is 3.37. The van der Waals surface area contributed by atoms with E-state index >= 15 is 0 Å². The monoisotopic (exact) mass is 365 g/mol. The summed E-state index contributed by atoms with van der Waals surface area (Å²) in [6, 6.07) is 14.7. The lowest BCUT2D eigenvalue weighted by molar-refractivity contribution is 0.370. The van der Waals surface area contributed by atoms with Crippen LogP contribution >= 0.6 is 27.5 Å². The molecule has 3 rings (SSSR count). The summed E-state index contributed by atoms with van der Waals surface area (Å²) in [5.74, 6) is 1.47. The van der Waals surface area contributed by atoms with Crippen molar-refractivity contribution in [1.82, 2.24) is 0 Å². The van der Waals surface area contributed by atoms with E-state index in [4.69, 9.17) is 16.3 Å². The number of halogens is 2. The fraction of sp³-hybridized carbons (Fsp3) is 0.294. The van der Waals surface area contributed by atoms with E-state index in [1.54, 1.807) is 7.11 Å². The highest BCUT2D eigenvalue weighted by molar-refractivity contribution is 9.10. The number of methoxy groups -OCH3 is 1. The Morgan fingerprint density at radius 1 is 1.19 bits per heavy atom. The maximum absolute atomic E-state index is 6.06. The van der Waals surface area contributed by atoms with Gasteiger partial charge in [-0.25, -0.2) is 0 Å². The molecule has 0 aliphatic heterocycles. The SMILES string of the molecule is COc1ccc(Cl)cc1NC1CC(c2cccc(Br)c2)C1. The fourth-order valence-electron chi connectivity index (χ4n) is 2.78. The molecule has 21 heavy (non-hydrogen) atoms. The first-order valence-electron chi connectivity index (χ1n) is 7.01. The van der Waals surface area contributed by atoms with Gasteiger partial charge in [-0.05, 0) is 54.7 Å². The Kier molecular flexibility index (Phi) is 4.41. The normalized spacial score (nSPS) is 20.7. The summed E-state index contributed by atoms with van der Waals surface area (Å²) >= 11 is 9.59. The van der Waals surface area contributed by atoms with E-state index in [1.807, 2.05) is 18.2 Å². The molecule has 110 valence electrons. The molecule has 0 bridgehead atoms. The van der Waals surface area contributed by atoms with E-state index in [2.05, 4.69) is 45.5 Å². The molecule has 2 aromatic rings. The molecule has 1 aliphatic carbocycles. The van der Waals surface area contributed by atoms with Gasteiger partial charge in [0.25, 0.3) is 0 Å². The lowest BCUT2D eigenvalue weighted by Crippen LogP contribution is -2.34. The summed E-state index contributed by atoms with van der Waals surface area (Å²) < 4.78 is 6.52. The van der Waals surface area contributed by atoms with Gasteiger partial charge in [-0.3, -0.25) is 0 Å². The maximum atomic E-state index is 6.06. The van der Waals surface area contributed by atoms with Crippen LogP contribution in [0.25, 0.3) is 0 Å². The molecule has 1 saturated carbocycles. The van der Waals surface area contributed by atoms with Crippen LogP contribution in [0.3, 0.4) is 0 Å². The van der Waals surface area contributed by atoms with Gasteiger partial charge >= 0.3 is 0 Å². The topological polar surface area (TPSA) is 21.3 Å². The molecule has 0 saturated heterocycles. The molecule has 0 amide bonds. The quantitative estimate of drug-likeness (QED) is 0.774. The molecule has 0 radical (unpaired) electrons. The van der Waals surface area contributed by atoms with Crippen molar-refractivity contribution in [2.75, 3.05) is 12.4 Å². The predicted molar refractivity (Wildman–Crippen MR) is 91.5 cm³/mol. The second kappa shape index (κ2) is 6.29. The molecular weight excluding hydrogens is 350 g/mol. The molecule has 0 heterocycles. The summed E-state index contributed by atoms with van der Waals surface area (Å²) in [5, 5.41) is 4.26. The highest BCUT2D eigenvalue weighted by atomic mass is 79.9. The third-order valence-electron chi connectivity index (χ3n) is 3.98. The third kappa shape index (κ3) is 3.35. The summed E-state index contributed by atoms with van der Waals surface area (Å²) in [4.78, 5) is 0. The van der Waals surface area contributed by atoms with Crippen LogP contribution in [0.1, 0.15) is 24.3 Å². The van der Waals surface area contributed by atoms with E-state index in [-0.39, 0.29) is 0 Å². The Labute approximate surface area is 138 Å². The minimum atomic E-state index is 0.473. The van der Waals surface area contributed by atoms with Crippen LogP contribution in [-0.2, 0) is 0 Å². The zero-order valence-electron chi connectivity index (χ0n) is 11.8. The number of rotatable bonds is 4. The van der Waals surface area contributed by atoms with Crippen LogP contribution in [0.5, 0.6) is 5.75 Å². The van der Waals surface area contributed by atoms with Gasteiger partial charge in [0.1, 0.15) is 5.75 Å². The highest BCUT2D eigenvalue weighted by Crippen LogP contribution is 2.40. The molecule has 2 aromatic carbocycles. The minimum Gasteiger partial charge on any atom is -0.495 e. The van der Waals surface area contributed by atoms with Gasteiger partial charge in [0, 0.05) is 15.5 Å². The minimum absolute atomic E-state index is 0.473. The van der Waals surface area contributed by atoms with Gasteiger partial charge in [-0.15, -0.1) is 0 Å². The number of ether oxygens (including phenoxy) is 1. The first-order chi connectivity index (χ1) is 10.2. The Balaban J connectivity index is 1.64. The average molecular weight is 367 g/mol. The maximum Gasteiger partial charge on any atom is 0.142 e. The molecule has 2 nitrogen and oxygen atoms in total. The van der Waals surface area contributed by atoms with Crippen molar-refractivity contribution in [3.63, 3.8) is 0 Å². The number of nitrogens with one attached hydrogen (secondary N) is 1. The zero-order chi connectivity index (χ0) is 14.8. The van der Waals surface area contributed by atoms with Crippen molar-refractivity contribution < 1.29 is 4.74 Å². The van der Waals surface area contributed by atoms with Crippen LogP contribution in [0.4, 0.5) is 5.69 Å². The van der Waals surface area contributed by atoms with Crippen LogP contribution in [0, 0.1) is 0 Å². The Morgan fingerprint density at radius 3 is 2.71 bits per heavy atom. The Bertz CT molecular complexity index is 640. The van der Waals surface area contributed by atoms with E-state index in [0.717, 1.165) is 33.8 Å². The number of anilines is 1. The van der Waals surface area contributed by atoms with Gasteiger partial charge in [0.05, 0.1) is 12.8 Å². The van der Waals surface area contributed by atoms with E-state index < -0.39 is 0 Å². The summed E-state index contributed by atoms with van der Waals surface area (Å²) in [6.07, 6.45) is 2.26. The van der Waals surface area contributed by atoms with Gasteiger partial charge in [0.15, 0.2) is 0 Å². The second-order valence-electron chi connectivity index (χ2n) is 5.41. The van der Waals surface area contributed by atoms with Crippen LogP contribution in [-0.4, -0.2) is 13.2 Å². The highest BCUT2D eigenvalue weighted by Gasteiger charge is 2.30. The first kappa shape index (κ1) is 14.7. The molecule has 1 aliphatic rings. The summed E-state index contributed by atoms with van der Waals surface area (Å²) in [5.41, 5.74) is 2.38. The van der Waals surface area contributed by atoms with Crippen molar-refractivity contribution in [3.8, 4) is 5.75 Å². The zero-order valence-corrected chi connectivity index (χ0v) is 14.1. The third-order valence-corrected chi connectivity index (χ3v) is 4.71. The predicted octanol–water partition coefficient (Wildman–Crippen LogP) is 5.47. The number of hydrogen-bond donors (Lipinski definition) is 1. The molecule has 1 fully saturated rings. The van der Waals surface area contributed by atoms with E-state index in [0.29, 0.717) is 12.0 Å². The standard InChI is InChI=1S/C17H17BrClNO/c1-21-17-6-5-14(19)10-16(17)20-15-8-12(9-15)11-3-2-4-13(18)7-11/h2-7,10,12,15,20H,8-9H2,1H3. The lowest BCUT2D eigenvalue weighted by atomic mass is 9.76. The van der Waals surface area contributed by atoms with Gasteiger partial charge in [-0.1, -0.05) is 39.7 Å². The van der Waals surface area contributed by atoms with Crippen LogP contribution in [0.2, 0.25) is 5.02 Å². The molecule has 1 N–H and O–H groups in total. The van der Waals surface area contributed by atoms with Crippen molar-refractivity contribution in [1.29, 1.82) is 0 Å². The van der Waals surface area contributed by atoms with Crippen LogP contribution < -0.4 is 10.1 Å². The molecule has 0 aromatic heterocycles. The van der Waals surface area contributed by atoms with Crippen molar-refractivity contribution in [2.24, 2.45) is 0 Å². The molecule has 4 heteroatoms. The Morgan fingerprint density at radius 2 is 2.00 bits per heavy atom. The van der Waals surface area contributed by atoms with Crippen molar-refractivity contribution in [2.45, 2.75) is 24.8 Å². The Hall–Kier alpha value is -1.19. The van der Waals surface area contributed by atoms with Crippen molar-refractivity contribution in [3.05, 3.63) is 57.5 Å². The molecule has 0 unspecified atom stereocenters. The molecule has 0 spiro atoms. The largest absolute Gasteiger partial charge is 0.495 e. The number of benzene rings is 2. The summed E-state index contributed by atoms with van der Waals surface area (Å²) in [6.45, 7) is 0. The summed E-state index contributed by atoms with van der Waals surface area (Å²) in [7, 11) is 1.68.